The van der Waals surface area contributed by atoms with Gasteiger partial charge in [-0.1, -0.05) is 0 Å². The van der Waals surface area contributed by atoms with E-state index in [1.54, 1.807) is 16.9 Å². The molecule has 0 saturated carbocycles. The molecule has 0 spiro atoms. The maximum atomic E-state index is 10.9. The molecule has 0 atom stereocenters. The third-order valence-electron chi connectivity index (χ3n) is 2.56. The molecule has 1 N–H and O–H groups in total. The van der Waals surface area contributed by atoms with Gasteiger partial charge in [0.15, 0.2) is 11.5 Å². The molecule has 0 bridgehead atoms. The number of aryl methyl sites for hydroxylation is 1. The Bertz CT molecular complexity index is 592. The number of carbonyl (C=O) groups is 1. The summed E-state index contributed by atoms with van der Waals surface area (Å²) in [5.41, 5.74) is 1.08. The van der Waals surface area contributed by atoms with Crippen molar-refractivity contribution in [1.29, 1.82) is 0 Å². The quantitative estimate of drug-likeness (QED) is 0.887. The third-order valence-corrected chi connectivity index (χ3v) is 2.56. The van der Waals surface area contributed by atoms with Gasteiger partial charge in [-0.05, 0) is 18.2 Å². The normalized spacial score (nSPS) is 10.2. The van der Waals surface area contributed by atoms with Gasteiger partial charge in [-0.25, -0.2) is 4.79 Å². The van der Waals surface area contributed by atoms with Crippen molar-refractivity contribution in [3.05, 3.63) is 41.7 Å². The Morgan fingerprint density at radius 3 is 2.79 bits per heavy atom. The van der Waals surface area contributed by atoms with Crippen molar-refractivity contribution in [2.24, 2.45) is 7.05 Å². The zero-order valence-electron chi connectivity index (χ0n) is 10.7. The van der Waals surface area contributed by atoms with E-state index in [9.17, 15) is 4.79 Å². The number of benzene rings is 1. The molecule has 0 aliphatic heterocycles. The van der Waals surface area contributed by atoms with Gasteiger partial charge in [-0.2, -0.15) is 5.10 Å². The summed E-state index contributed by atoms with van der Waals surface area (Å²) in [6, 6.07) is 4.49. The molecule has 0 fully saturated rings. The van der Waals surface area contributed by atoms with Crippen LogP contribution < -0.4 is 9.47 Å². The number of carboxylic acid groups (broad SMARTS) is 1. The highest BCUT2D eigenvalue weighted by Gasteiger charge is 2.10. The molecule has 0 amide bonds. The maximum Gasteiger partial charge on any atom is 0.335 e. The van der Waals surface area contributed by atoms with E-state index in [-0.39, 0.29) is 5.56 Å². The molecule has 0 unspecified atom stereocenters. The van der Waals surface area contributed by atoms with E-state index in [2.05, 4.69) is 5.10 Å². The lowest BCUT2D eigenvalue weighted by Crippen LogP contribution is -2.00. The third kappa shape index (κ3) is 3.04. The average Bonchev–Trinajstić information content (AvgIpc) is 2.81. The number of ether oxygens (including phenoxy) is 2. The van der Waals surface area contributed by atoms with Gasteiger partial charge in [0, 0.05) is 18.8 Å². The molecule has 0 aliphatic carbocycles. The fourth-order valence-electron chi connectivity index (χ4n) is 1.63. The molecular formula is C13H14N2O4. The summed E-state index contributed by atoms with van der Waals surface area (Å²) in [7, 11) is 3.30. The van der Waals surface area contributed by atoms with Crippen LogP contribution in [0.15, 0.2) is 30.6 Å². The Morgan fingerprint density at radius 1 is 1.42 bits per heavy atom. The topological polar surface area (TPSA) is 73.6 Å². The van der Waals surface area contributed by atoms with Crippen molar-refractivity contribution in [2.75, 3.05) is 7.11 Å². The number of rotatable bonds is 5. The summed E-state index contributed by atoms with van der Waals surface area (Å²) >= 11 is 0. The summed E-state index contributed by atoms with van der Waals surface area (Å²) in [4.78, 5) is 10.9. The second-order valence-electron chi connectivity index (χ2n) is 3.98. The SMILES string of the molecule is COc1cc(C(=O)O)ccc1OCc1cnn(C)c1. The minimum absolute atomic E-state index is 0.158. The molecule has 1 aromatic heterocycles. The number of aromatic nitrogens is 2. The fraction of sp³-hybridized carbons (Fsp3) is 0.231. The van der Waals surface area contributed by atoms with Crippen LogP contribution in [0.1, 0.15) is 15.9 Å². The predicted octanol–water partition coefficient (Wildman–Crippen LogP) is 1.71. The minimum atomic E-state index is -1.00. The minimum Gasteiger partial charge on any atom is -0.493 e. The van der Waals surface area contributed by atoms with Crippen molar-refractivity contribution in [3.8, 4) is 11.5 Å². The highest BCUT2D eigenvalue weighted by molar-refractivity contribution is 5.88. The van der Waals surface area contributed by atoms with Crippen molar-refractivity contribution in [1.82, 2.24) is 9.78 Å². The lowest BCUT2D eigenvalue weighted by molar-refractivity contribution is 0.0696. The summed E-state index contributed by atoms with van der Waals surface area (Å²) in [5.74, 6) is -0.114. The summed E-state index contributed by atoms with van der Waals surface area (Å²) < 4.78 is 12.4. The molecular weight excluding hydrogens is 248 g/mol. The molecule has 19 heavy (non-hydrogen) atoms. The van der Waals surface area contributed by atoms with Crippen LogP contribution in [0.5, 0.6) is 11.5 Å². The Hall–Kier alpha value is -2.50. The number of nitrogens with zero attached hydrogens (tertiary/aromatic N) is 2. The van der Waals surface area contributed by atoms with Gasteiger partial charge in [0.2, 0.25) is 0 Å². The standard InChI is InChI=1S/C13H14N2O4/c1-15-7-9(6-14-15)8-19-11-4-3-10(13(16)17)5-12(11)18-2/h3-7H,8H2,1-2H3,(H,16,17). The first-order valence-electron chi connectivity index (χ1n) is 5.62. The van der Waals surface area contributed by atoms with Gasteiger partial charge in [0.25, 0.3) is 0 Å². The average molecular weight is 262 g/mol. The van der Waals surface area contributed by atoms with Crippen LogP contribution in [-0.2, 0) is 13.7 Å². The van der Waals surface area contributed by atoms with Crippen molar-refractivity contribution < 1.29 is 19.4 Å². The molecule has 1 heterocycles. The molecule has 6 heteroatoms. The first-order chi connectivity index (χ1) is 9.10. The second kappa shape index (κ2) is 5.43. The molecule has 0 aliphatic rings. The summed E-state index contributed by atoms with van der Waals surface area (Å²) in [6.45, 7) is 0.344. The van der Waals surface area contributed by atoms with Crippen LogP contribution in [0.3, 0.4) is 0 Å². The molecule has 2 aromatic rings. The zero-order chi connectivity index (χ0) is 13.8. The van der Waals surface area contributed by atoms with E-state index in [4.69, 9.17) is 14.6 Å². The van der Waals surface area contributed by atoms with Gasteiger partial charge in [-0.3, -0.25) is 4.68 Å². The highest BCUT2D eigenvalue weighted by atomic mass is 16.5. The number of carboxylic acids is 1. The summed E-state index contributed by atoms with van der Waals surface area (Å²) in [6.07, 6.45) is 3.55. The molecule has 6 nitrogen and oxygen atoms in total. The molecule has 0 radical (unpaired) electrons. The predicted molar refractivity (Wildman–Crippen MR) is 67.5 cm³/mol. The maximum absolute atomic E-state index is 10.9. The van der Waals surface area contributed by atoms with Crippen LogP contribution in [0.2, 0.25) is 0 Å². The Labute approximate surface area is 110 Å². The number of aromatic carboxylic acids is 1. The van der Waals surface area contributed by atoms with Crippen molar-refractivity contribution >= 4 is 5.97 Å². The van der Waals surface area contributed by atoms with Gasteiger partial charge < -0.3 is 14.6 Å². The largest absolute Gasteiger partial charge is 0.493 e. The Kier molecular flexibility index (Phi) is 3.70. The van der Waals surface area contributed by atoms with E-state index in [0.717, 1.165) is 5.56 Å². The van der Waals surface area contributed by atoms with Crippen LogP contribution in [0.25, 0.3) is 0 Å². The number of hydrogen-bond donors (Lipinski definition) is 1. The number of methoxy groups -OCH3 is 1. The second-order valence-corrected chi connectivity index (χ2v) is 3.98. The lowest BCUT2D eigenvalue weighted by Gasteiger charge is -2.10. The van der Waals surface area contributed by atoms with Gasteiger partial charge in [-0.15, -0.1) is 0 Å². The monoisotopic (exact) mass is 262 g/mol. The van der Waals surface area contributed by atoms with Gasteiger partial charge >= 0.3 is 5.97 Å². The van der Waals surface area contributed by atoms with Crippen LogP contribution in [0, 0.1) is 0 Å². The van der Waals surface area contributed by atoms with Crippen LogP contribution in [-0.4, -0.2) is 28.0 Å². The van der Waals surface area contributed by atoms with E-state index in [0.29, 0.717) is 18.1 Å². The Balaban J connectivity index is 2.13. The zero-order valence-corrected chi connectivity index (χ0v) is 10.7. The van der Waals surface area contributed by atoms with Crippen molar-refractivity contribution in [2.45, 2.75) is 6.61 Å². The summed E-state index contributed by atoms with van der Waals surface area (Å²) in [5, 5.41) is 12.9. The van der Waals surface area contributed by atoms with E-state index in [1.807, 2.05) is 13.2 Å². The first-order valence-corrected chi connectivity index (χ1v) is 5.62. The van der Waals surface area contributed by atoms with E-state index >= 15 is 0 Å². The fourth-order valence-corrected chi connectivity index (χ4v) is 1.63. The Morgan fingerprint density at radius 2 is 2.21 bits per heavy atom. The highest BCUT2D eigenvalue weighted by Crippen LogP contribution is 2.28. The van der Waals surface area contributed by atoms with Gasteiger partial charge in [0.05, 0.1) is 18.9 Å². The van der Waals surface area contributed by atoms with Crippen LogP contribution in [0.4, 0.5) is 0 Å². The van der Waals surface area contributed by atoms with E-state index in [1.165, 1.54) is 19.2 Å². The molecule has 1 aromatic carbocycles. The molecule has 100 valence electrons. The van der Waals surface area contributed by atoms with Gasteiger partial charge in [0.1, 0.15) is 6.61 Å². The van der Waals surface area contributed by atoms with E-state index < -0.39 is 5.97 Å². The smallest absolute Gasteiger partial charge is 0.335 e. The van der Waals surface area contributed by atoms with Crippen molar-refractivity contribution in [3.63, 3.8) is 0 Å². The van der Waals surface area contributed by atoms with Crippen LogP contribution >= 0.6 is 0 Å². The first kappa shape index (κ1) is 12.9. The molecule has 2 rings (SSSR count). The molecule has 0 saturated heterocycles. The number of hydrogen-bond acceptors (Lipinski definition) is 4. The lowest BCUT2D eigenvalue weighted by atomic mass is 10.2.